The number of methoxy groups -OCH3 is 1. The van der Waals surface area contributed by atoms with E-state index in [2.05, 4.69) is 15.2 Å². The van der Waals surface area contributed by atoms with Crippen molar-refractivity contribution in [2.24, 2.45) is 0 Å². The Balaban J connectivity index is 1.43. The number of ether oxygens (including phenoxy) is 1. The molecular weight excluding hydrogens is 292 g/mol. The summed E-state index contributed by atoms with van der Waals surface area (Å²) in [6, 6.07) is 6.31. The van der Waals surface area contributed by atoms with Crippen LogP contribution in [0.4, 0.5) is 10.6 Å². The lowest BCUT2D eigenvalue weighted by molar-refractivity contribution is 0.0627. The minimum absolute atomic E-state index is 0.0755. The molecule has 2 heterocycles. The van der Waals surface area contributed by atoms with Gasteiger partial charge in [0.25, 0.3) is 0 Å². The number of anilines is 1. The zero-order valence-corrected chi connectivity index (χ0v) is 13.8. The van der Waals surface area contributed by atoms with Crippen LogP contribution in [0, 0.1) is 0 Å². The largest absolute Gasteiger partial charge is 0.381 e. The first-order valence-corrected chi connectivity index (χ1v) is 8.50. The monoisotopic (exact) mass is 318 g/mol. The molecule has 1 aliphatic carbocycles. The van der Waals surface area contributed by atoms with E-state index in [0.717, 1.165) is 57.7 Å². The second-order valence-corrected chi connectivity index (χ2v) is 6.32. The number of amides is 2. The van der Waals surface area contributed by atoms with Crippen molar-refractivity contribution in [3.05, 3.63) is 24.4 Å². The van der Waals surface area contributed by atoms with E-state index in [-0.39, 0.29) is 6.03 Å². The SMILES string of the molecule is COC1CCC(NC(=O)N2CCN(c3ccccn3)CC2)CC1. The van der Waals surface area contributed by atoms with E-state index in [1.807, 2.05) is 29.3 Å². The molecule has 1 aromatic rings. The maximum absolute atomic E-state index is 12.4. The lowest BCUT2D eigenvalue weighted by Crippen LogP contribution is -2.54. The van der Waals surface area contributed by atoms with Gasteiger partial charge < -0.3 is 19.9 Å². The van der Waals surface area contributed by atoms with Crippen LogP contribution >= 0.6 is 0 Å². The van der Waals surface area contributed by atoms with Crippen molar-refractivity contribution < 1.29 is 9.53 Å². The third kappa shape index (κ3) is 4.13. The highest BCUT2D eigenvalue weighted by atomic mass is 16.5. The highest BCUT2D eigenvalue weighted by molar-refractivity contribution is 5.74. The molecule has 1 aliphatic heterocycles. The van der Waals surface area contributed by atoms with Crippen LogP contribution in [-0.4, -0.2) is 61.3 Å². The zero-order valence-electron chi connectivity index (χ0n) is 13.8. The van der Waals surface area contributed by atoms with Gasteiger partial charge in [-0.1, -0.05) is 6.07 Å². The molecule has 2 fully saturated rings. The molecule has 0 atom stereocenters. The summed E-state index contributed by atoms with van der Waals surface area (Å²) in [5.41, 5.74) is 0. The van der Waals surface area contributed by atoms with Crippen LogP contribution in [0.3, 0.4) is 0 Å². The number of piperazine rings is 1. The Morgan fingerprint density at radius 2 is 1.91 bits per heavy atom. The number of pyridine rings is 1. The second-order valence-electron chi connectivity index (χ2n) is 6.32. The van der Waals surface area contributed by atoms with Gasteiger partial charge >= 0.3 is 6.03 Å². The quantitative estimate of drug-likeness (QED) is 0.924. The number of nitrogens with one attached hydrogen (secondary N) is 1. The Morgan fingerprint density at radius 1 is 1.17 bits per heavy atom. The van der Waals surface area contributed by atoms with Gasteiger partial charge in [0.2, 0.25) is 0 Å². The van der Waals surface area contributed by atoms with Gasteiger partial charge in [-0.25, -0.2) is 9.78 Å². The summed E-state index contributed by atoms with van der Waals surface area (Å²) in [6.07, 6.45) is 6.27. The maximum Gasteiger partial charge on any atom is 0.317 e. The van der Waals surface area contributed by atoms with Crippen molar-refractivity contribution in [2.75, 3.05) is 38.2 Å². The Hall–Kier alpha value is -1.82. The van der Waals surface area contributed by atoms with Crippen molar-refractivity contribution in [1.82, 2.24) is 15.2 Å². The number of aromatic nitrogens is 1. The molecule has 0 bridgehead atoms. The van der Waals surface area contributed by atoms with E-state index in [1.165, 1.54) is 0 Å². The normalized spacial score (nSPS) is 25.3. The van der Waals surface area contributed by atoms with Crippen molar-refractivity contribution >= 4 is 11.8 Å². The highest BCUT2D eigenvalue weighted by Crippen LogP contribution is 2.21. The number of hydrogen-bond donors (Lipinski definition) is 1. The number of urea groups is 1. The predicted molar refractivity (Wildman–Crippen MR) is 89.6 cm³/mol. The first-order chi connectivity index (χ1) is 11.3. The van der Waals surface area contributed by atoms with Gasteiger partial charge in [0.1, 0.15) is 5.82 Å². The molecule has 0 aromatic carbocycles. The average molecular weight is 318 g/mol. The van der Waals surface area contributed by atoms with Crippen LogP contribution in [0.15, 0.2) is 24.4 Å². The molecule has 1 saturated carbocycles. The lowest BCUT2D eigenvalue weighted by Gasteiger charge is -2.37. The average Bonchev–Trinajstić information content (AvgIpc) is 2.63. The van der Waals surface area contributed by atoms with Gasteiger partial charge in [-0.15, -0.1) is 0 Å². The summed E-state index contributed by atoms with van der Waals surface area (Å²) in [6.45, 7) is 3.16. The molecule has 1 saturated heterocycles. The second kappa shape index (κ2) is 7.64. The fourth-order valence-electron chi connectivity index (χ4n) is 3.39. The minimum atomic E-state index is 0.0755. The molecule has 0 unspecified atom stereocenters. The molecule has 2 aliphatic rings. The molecule has 0 radical (unpaired) electrons. The molecule has 6 heteroatoms. The smallest absolute Gasteiger partial charge is 0.317 e. The number of carbonyl (C=O) groups is 1. The van der Waals surface area contributed by atoms with Crippen molar-refractivity contribution in [3.8, 4) is 0 Å². The summed E-state index contributed by atoms with van der Waals surface area (Å²) < 4.78 is 5.38. The third-order valence-electron chi connectivity index (χ3n) is 4.88. The molecule has 1 aromatic heterocycles. The van der Waals surface area contributed by atoms with Crippen molar-refractivity contribution in [3.63, 3.8) is 0 Å². The Kier molecular flexibility index (Phi) is 5.33. The molecule has 23 heavy (non-hydrogen) atoms. The van der Waals surface area contributed by atoms with E-state index in [4.69, 9.17) is 4.74 Å². The summed E-state index contributed by atoms with van der Waals surface area (Å²) in [5.74, 6) is 0.991. The minimum Gasteiger partial charge on any atom is -0.381 e. The van der Waals surface area contributed by atoms with Crippen LogP contribution in [0.1, 0.15) is 25.7 Å². The predicted octanol–water partition coefficient (Wildman–Crippen LogP) is 1.87. The summed E-state index contributed by atoms with van der Waals surface area (Å²) in [7, 11) is 1.77. The van der Waals surface area contributed by atoms with Gasteiger partial charge in [-0.05, 0) is 37.8 Å². The highest BCUT2D eigenvalue weighted by Gasteiger charge is 2.26. The Labute approximate surface area is 137 Å². The summed E-state index contributed by atoms with van der Waals surface area (Å²) in [4.78, 5) is 20.9. The summed E-state index contributed by atoms with van der Waals surface area (Å²) in [5, 5.41) is 3.19. The summed E-state index contributed by atoms with van der Waals surface area (Å²) >= 11 is 0. The number of nitrogens with zero attached hydrogens (tertiary/aromatic N) is 3. The lowest BCUT2D eigenvalue weighted by atomic mass is 9.93. The fraction of sp³-hybridized carbons (Fsp3) is 0.647. The topological polar surface area (TPSA) is 57.7 Å². The molecule has 1 N–H and O–H groups in total. The third-order valence-corrected chi connectivity index (χ3v) is 4.88. The fourth-order valence-corrected chi connectivity index (χ4v) is 3.39. The molecule has 6 nitrogen and oxygen atoms in total. The first-order valence-electron chi connectivity index (χ1n) is 8.50. The van der Waals surface area contributed by atoms with Crippen LogP contribution in [0.5, 0.6) is 0 Å². The van der Waals surface area contributed by atoms with Crippen LogP contribution in [0.25, 0.3) is 0 Å². The molecule has 2 amide bonds. The Bertz CT molecular complexity index is 495. The number of carbonyl (C=O) groups excluding carboxylic acids is 1. The first kappa shape index (κ1) is 16.1. The van der Waals surface area contributed by atoms with E-state index in [1.54, 1.807) is 7.11 Å². The maximum atomic E-state index is 12.4. The number of hydrogen-bond acceptors (Lipinski definition) is 4. The van der Waals surface area contributed by atoms with Crippen LogP contribution in [-0.2, 0) is 4.74 Å². The molecule has 0 spiro atoms. The van der Waals surface area contributed by atoms with Gasteiger partial charge in [0.05, 0.1) is 6.10 Å². The van der Waals surface area contributed by atoms with Gasteiger partial charge in [0, 0.05) is 45.5 Å². The number of rotatable bonds is 3. The van der Waals surface area contributed by atoms with Crippen molar-refractivity contribution in [2.45, 2.75) is 37.8 Å². The molecule has 3 rings (SSSR count). The van der Waals surface area contributed by atoms with Gasteiger partial charge in [-0.2, -0.15) is 0 Å². The van der Waals surface area contributed by atoms with E-state index < -0.39 is 0 Å². The van der Waals surface area contributed by atoms with E-state index in [9.17, 15) is 4.79 Å². The van der Waals surface area contributed by atoms with E-state index in [0.29, 0.717) is 12.1 Å². The van der Waals surface area contributed by atoms with E-state index >= 15 is 0 Å². The van der Waals surface area contributed by atoms with Crippen LogP contribution < -0.4 is 10.2 Å². The Morgan fingerprint density at radius 3 is 2.52 bits per heavy atom. The van der Waals surface area contributed by atoms with Gasteiger partial charge in [-0.3, -0.25) is 0 Å². The molecular formula is C17H26N4O2. The van der Waals surface area contributed by atoms with Crippen molar-refractivity contribution in [1.29, 1.82) is 0 Å². The van der Waals surface area contributed by atoms with Gasteiger partial charge in [0.15, 0.2) is 0 Å². The molecule has 126 valence electrons. The van der Waals surface area contributed by atoms with Crippen LogP contribution in [0.2, 0.25) is 0 Å². The standard InChI is InChI=1S/C17H26N4O2/c1-23-15-7-5-14(6-8-15)19-17(22)21-12-10-20(11-13-21)16-4-2-3-9-18-16/h2-4,9,14-15H,5-8,10-13H2,1H3,(H,19,22). The zero-order chi connectivity index (χ0) is 16.1.